The Morgan fingerprint density at radius 2 is 1.61 bits per heavy atom. The van der Waals surface area contributed by atoms with Crippen molar-refractivity contribution in [3.8, 4) is 11.1 Å². The molecule has 3 aromatic carbocycles. The number of rotatable bonds is 6. The molecule has 200 valence electrons. The Morgan fingerprint density at radius 1 is 0.974 bits per heavy atom. The van der Waals surface area contributed by atoms with E-state index < -0.39 is 11.7 Å². The third kappa shape index (κ3) is 5.92. The highest BCUT2D eigenvalue weighted by Crippen LogP contribution is 2.34. The van der Waals surface area contributed by atoms with Gasteiger partial charge in [-0.2, -0.15) is 0 Å². The average molecular weight is 538 g/mol. The molecule has 3 aromatic rings. The van der Waals surface area contributed by atoms with Crippen LogP contribution < -0.4 is 21.3 Å². The summed E-state index contributed by atoms with van der Waals surface area (Å²) in [5.41, 5.74) is 9.94. The van der Waals surface area contributed by atoms with Gasteiger partial charge in [0.25, 0.3) is 5.91 Å². The van der Waals surface area contributed by atoms with Crippen LogP contribution in [0.2, 0.25) is 5.02 Å². The van der Waals surface area contributed by atoms with Crippen LogP contribution in [0, 0.1) is 18.7 Å². The van der Waals surface area contributed by atoms with Crippen molar-refractivity contribution in [2.24, 2.45) is 5.92 Å². The van der Waals surface area contributed by atoms with Gasteiger partial charge in [-0.3, -0.25) is 9.59 Å². The maximum absolute atomic E-state index is 14.2. The molecule has 0 unspecified atom stereocenters. The monoisotopic (exact) mass is 537 g/mol. The zero-order valence-corrected chi connectivity index (χ0v) is 22.8. The van der Waals surface area contributed by atoms with Gasteiger partial charge >= 0.3 is 0 Å². The van der Waals surface area contributed by atoms with Gasteiger partial charge in [0.2, 0.25) is 5.91 Å². The van der Waals surface area contributed by atoms with Gasteiger partial charge in [0.1, 0.15) is 0 Å². The zero-order chi connectivity index (χ0) is 27.6. The van der Waals surface area contributed by atoms with Crippen molar-refractivity contribution in [1.82, 2.24) is 4.90 Å². The maximum atomic E-state index is 14.2. The molecule has 0 radical (unpaired) electrons. The normalized spacial score (nSPS) is 14.0. The first kappa shape index (κ1) is 27.4. The first-order valence-corrected chi connectivity index (χ1v) is 13.0. The maximum Gasteiger partial charge on any atom is 0.257 e. The zero-order valence-electron chi connectivity index (χ0n) is 22.1. The van der Waals surface area contributed by atoms with E-state index in [0.29, 0.717) is 11.4 Å². The fourth-order valence-electron chi connectivity index (χ4n) is 4.32. The Bertz CT molecular complexity index is 1350. The molecule has 0 spiro atoms. The summed E-state index contributed by atoms with van der Waals surface area (Å²) in [5.74, 6) is -1.25. The molecular weight excluding hydrogens is 505 g/mol. The van der Waals surface area contributed by atoms with Gasteiger partial charge in [-0.1, -0.05) is 43.6 Å². The SMILES string of the molecule is Cc1c(F)c(N)cc(C(=O)Nc2cc(-c3ccc(NC(=O)C(C)C)cc3)ccc2N2CCN(C)CC2)c1Cl. The summed E-state index contributed by atoms with van der Waals surface area (Å²) in [7, 11) is 2.08. The molecule has 7 nitrogen and oxygen atoms in total. The van der Waals surface area contributed by atoms with E-state index in [9.17, 15) is 14.0 Å². The number of carbonyl (C=O) groups is 2. The van der Waals surface area contributed by atoms with Crippen LogP contribution in [0.25, 0.3) is 11.1 Å². The van der Waals surface area contributed by atoms with Gasteiger partial charge in [-0.15, -0.1) is 0 Å². The first-order chi connectivity index (χ1) is 18.0. The number of nitrogen functional groups attached to an aromatic ring is 1. The number of benzene rings is 3. The van der Waals surface area contributed by atoms with E-state index in [2.05, 4.69) is 27.5 Å². The lowest BCUT2D eigenvalue weighted by atomic mass is 10.0. The Hall–Kier alpha value is -3.62. The lowest BCUT2D eigenvalue weighted by Gasteiger charge is -2.35. The second-order valence-corrected chi connectivity index (χ2v) is 10.3. The van der Waals surface area contributed by atoms with Crippen LogP contribution in [0.15, 0.2) is 48.5 Å². The highest BCUT2D eigenvalue weighted by atomic mass is 35.5. The molecule has 38 heavy (non-hydrogen) atoms. The van der Waals surface area contributed by atoms with Gasteiger partial charge in [0, 0.05) is 43.3 Å². The number of halogens is 2. The highest BCUT2D eigenvalue weighted by molar-refractivity contribution is 6.35. The minimum atomic E-state index is -0.625. The van der Waals surface area contributed by atoms with Gasteiger partial charge in [0.05, 0.1) is 27.6 Å². The lowest BCUT2D eigenvalue weighted by molar-refractivity contribution is -0.118. The molecule has 1 aliphatic rings. The topological polar surface area (TPSA) is 90.7 Å². The van der Waals surface area contributed by atoms with Crippen LogP contribution in [-0.2, 0) is 4.79 Å². The third-order valence-corrected chi connectivity index (χ3v) is 7.28. The number of hydrogen-bond donors (Lipinski definition) is 3. The number of likely N-dealkylation sites (N-methyl/N-ethyl adjacent to an activating group) is 1. The second-order valence-electron chi connectivity index (χ2n) is 9.96. The number of carbonyl (C=O) groups excluding carboxylic acids is 2. The standard InChI is InChI=1S/C29H33ClFN5O2/c1-17(2)28(37)33-21-8-5-19(6-9-21)20-7-10-25(36-13-11-35(4)12-14-36)24(15-20)34-29(38)22-16-23(32)27(31)18(3)26(22)30/h5-10,15-17H,11-14,32H2,1-4H3,(H,33,37)(H,34,38). The van der Waals surface area contributed by atoms with E-state index in [0.717, 1.165) is 43.0 Å². The Morgan fingerprint density at radius 3 is 2.24 bits per heavy atom. The molecule has 0 saturated carbocycles. The molecular formula is C29H33ClFN5O2. The predicted molar refractivity (Wildman–Crippen MR) is 154 cm³/mol. The number of nitrogens with two attached hydrogens (primary N) is 1. The van der Waals surface area contributed by atoms with E-state index in [1.54, 1.807) is 0 Å². The lowest BCUT2D eigenvalue weighted by Crippen LogP contribution is -2.44. The van der Waals surface area contributed by atoms with E-state index in [1.807, 2.05) is 56.3 Å². The summed E-state index contributed by atoms with van der Waals surface area (Å²) in [6.07, 6.45) is 0. The Kier molecular flexibility index (Phi) is 8.23. The number of piperazine rings is 1. The fourth-order valence-corrected chi connectivity index (χ4v) is 4.55. The number of hydrogen-bond acceptors (Lipinski definition) is 5. The van der Waals surface area contributed by atoms with Crippen molar-refractivity contribution in [2.45, 2.75) is 20.8 Å². The Labute approximate surface area is 227 Å². The average Bonchev–Trinajstić information content (AvgIpc) is 2.90. The first-order valence-electron chi connectivity index (χ1n) is 12.6. The summed E-state index contributed by atoms with van der Waals surface area (Å²) in [5, 5.41) is 5.92. The number of anilines is 4. The number of nitrogens with zero attached hydrogens (tertiary/aromatic N) is 2. The molecule has 2 amide bonds. The second kappa shape index (κ2) is 11.4. The third-order valence-electron chi connectivity index (χ3n) is 6.79. The minimum Gasteiger partial charge on any atom is -0.396 e. The van der Waals surface area contributed by atoms with Crippen molar-refractivity contribution in [1.29, 1.82) is 0 Å². The van der Waals surface area contributed by atoms with Gasteiger partial charge in [-0.05, 0) is 55.4 Å². The molecule has 0 atom stereocenters. The van der Waals surface area contributed by atoms with Crippen LogP contribution in [0.3, 0.4) is 0 Å². The van der Waals surface area contributed by atoms with E-state index in [-0.39, 0.29) is 33.7 Å². The molecule has 4 N–H and O–H groups in total. The summed E-state index contributed by atoms with van der Waals surface area (Å²) in [6, 6.07) is 14.7. The van der Waals surface area contributed by atoms with E-state index in [4.69, 9.17) is 17.3 Å². The molecule has 9 heteroatoms. The van der Waals surface area contributed by atoms with Crippen molar-refractivity contribution < 1.29 is 14.0 Å². The van der Waals surface area contributed by atoms with Crippen LogP contribution in [0.4, 0.5) is 27.1 Å². The smallest absolute Gasteiger partial charge is 0.257 e. The van der Waals surface area contributed by atoms with Gasteiger partial charge in [0.15, 0.2) is 5.82 Å². The van der Waals surface area contributed by atoms with E-state index in [1.165, 1.54) is 13.0 Å². The number of nitrogens with one attached hydrogen (secondary N) is 2. The summed E-state index contributed by atoms with van der Waals surface area (Å²) >= 11 is 6.33. The molecule has 1 heterocycles. The molecule has 1 saturated heterocycles. The predicted octanol–water partition coefficient (Wildman–Crippen LogP) is 5.64. The fraction of sp³-hybridized carbons (Fsp3) is 0.310. The molecule has 1 aliphatic heterocycles. The largest absolute Gasteiger partial charge is 0.396 e. The van der Waals surface area contributed by atoms with Crippen molar-refractivity contribution in [3.05, 3.63) is 70.5 Å². The summed E-state index contributed by atoms with van der Waals surface area (Å²) < 4.78 is 14.2. The van der Waals surface area contributed by atoms with Gasteiger partial charge in [-0.25, -0.2) is 4.39 Å². The highest BCUT2D eigenvalue weighted by Gasteiger charge is 2.22. The van der Waals surface area contributed by atoms with Crippen molar-refractivity contribution in [3.63, 3.8) is 0 Å². The molecule has 0 aromatic heterocycles. The molecule has 0 bridgehead atoms. The number of amides is 2. The van der Waals surface area contributed by atoms with Crippen molar-refractivity contribution in [2.75, 3.05) is 54.5 Å². The van der Waals surface area contributed by atoms with Crippen molar-refractivity contribution >= 4 is 46.2 Å². The van der Waals surface area contributed by atoms with E-state index >= 15 is 0 Å². The van der Waals surface area contributed by atoms with Crippen LogP contribution >= 0.6 is 11.6 Å². The molecule has 1 fully saturated rings. The minimum absolute atomic E-state index is 0.0329. The molecule has 0 aliphatic carbocycles. The Balaban J connectivity index is 1.68. The van der Waals surface area contributed by atoms with Crippen LogP contribution in [0.1, 0.15) is 29.8 Å². The quantitative estimate of drug-likeness (QED) is 0.354. The van der Waals surface area contributed by atoms with Crippen LogP contribution in [0.5, 0.6) is 0 Å². The molecule has 4 rings (SSSR count). The summed E-state index contributed by atoms with van der Waals surface area (Å²) in [6.45, 7) is 8.61. The summed E-state index contributed by atoms with van der Waals surface area (Å²) in [4.78, 5) is 29.9. The van der Waals surface area contributed by atoms with Gasteiger partial charge < -0.3 is 26.2 Å². The van der Waals surface area contributed by atoms with Crippen LogP contribution in [-0.4, -0.2) is 49.9 Å².